The van der Waals surface area contributed by atoms with Crippen LogP contribution in [0.25, 0.3) is 0 Å². The van der Waals surface area contributed by atoms with Crippen molar-refractivity contribution in [1.29, 1.82) is 0 Å². The molecule has 0 radical (unpaired) electrons. The number of aryl methyl sites for hydroxylation is 2. The number of aromatic hydroxyl groups is 2. The molecule has 0 saturated carbocycles. The fourth-order valence-corrected chi connectivity index (χ4v) is 0.971. The summed E-state index contributed by atoms with van der Waals surface area (Å²) in [5.41, 5.74) is 0.583. The van der Waals surface area contributed by atoms with Crippen LogP contribution < -0.4 is 0 Å². The number of aldehydes is 1. The summed E-state index contributed by atoms with van der Waals surface area (Å²) in [6.45, 7) is 3.13. The van der Waals surface area contributed by atoms with Gasteiger partial charge in [0.25, 0.3) is 0 Å². The van der Waals surface area contributed by atoms with E-state index in [-0.39, 0.29) is 17.1 Å². The smallest absolute Gasteiger partial charge is 0.157 e. The molecule has 1 heterocycles. The summed E-state index contributed by atoms with van der Waals surface area (Å²) in [7, 11) is 0. The second-order valence-electron chi connectivity index (χ2n) is 2.51. The van der Waals surface area contributed by atoms with E-state index in [4.69, 9.17) is 0 Å². The molecule has 0 fully saturated rings. The molecule has 0 unspecified atom stereocenters. The second kappa shape index (κ2) is 2.81. The summed E-state index contributed by atoms with van der Waals surface area (Å²) in [6.07, 6.45) is 0.409. The number of nitrogens with zero attached hydrogens (tertiary/aromatic N) is 1. The van der Waals surface area contributed by atoms with Gasteiger partial charge in [-0.05, 0) is 13.8 Å². The molecule has 0 atom stereocenters. The molecule has 0 spiro atoms. The first-order chi connectivity index (χ1) is 5.57. The van der Waals surface area contributed by atoms with Crippen LogP contribution >= 0.6 is 0 Å². The van der Waals surface area contributed by atoms with E-state index in [1.165, 1.54) is 0 Å². The van der Waals surface area contributed by atoms with Crippen LogP contribution in [0.2, 0.25) is 0 Å². The number of carbonyl (C=O) groups is 1. The quantitative estimate of drug-likeness (QED) is 0.610. The SMILES string of the molecule is Cc1nc(C)c(O)c(C=O)c1O. The largest absolute Gasteiger partial charge is 0.505 e. The van der Waals surface area contributed by atoms with Gasteiger partial charge in [0.2, 0.25) is 0 Å². The van der Waals surface area contributed by atoms with E-state index in [0.717, 1.165) is 0 Å². The van der Waals surface area contributed by atoms with Crippen molar-refractivity contribution < 1.29 is 15.0 Å². The molecule has 4 heteroatoms. The number of pyridine rings is 1. The highest BCUT2D eigenvalue weighted by Crippen LogP contribution is 2.29. The van der Waals surface area contributed by atoms with E-state index < -0.39 is 0 Å². The summed E-state index contributed by atoms with van der Waals surface area (Å²) in [5.74, 6) is -0.513. The summed E-state index contributed by atoms with van der Waals surface area (Å²) >= 11 is 0. The third-order valence-corrected chi connectivity index (χ3v) is 1.65. The van der Waals surface area contributed by atoms with Gasteiger partial charge >= 0.3 is 0 Å². The zero-order chi connectivity index (χ0) is 9.30. The molecule has 1 aromatic heterocycles. The minimum atomic E-state index is -0.256. The Labute approximate surface area is 69.5 Å². The molecule has 12 heavy (non-hydrogen) atoms. The topological polar surface area (TPSA) is 70.4 Å². The molecule has 0 aliphatic rings. The third-order valence-electron chi connectivity index (χ3n) is 1.65. The van der Waals surface area contributed by atoms with Gasteiger partial charge in [-0.3, -0.25) is 9.78 Å². The molecule has 0 aliphatic heterocycles. The van der Waals surface area contributed by atoms with E-state index in [0.29, 0.717) is 17.7 Å². The highest BCUT2D eigenvalue weighted by Gasteiger charge is 2.12. The van der Waals surface area contributed by atoms with E-state index >= 15 is 0 Å². The van der Waals surface area contributed by atoms with Crippen LogP contribution in [0.4, 0.5) is 0 Å². The maximum Gasteiger partial charge on any atom is 0.157 e. The molecule has 64 valence electrons. The maximum atomic E-state index is 10.4. The predicted molar refractivity (Wildman–Crippen MR) is 42.4 cm³/mol. The monoisotopic (exact) mass is 167 g/mol. The predicted octanol–water partition coefficient (Wildman–Crippen LogP) is 0.922. The fourth-order valence-electron chi connectivity index (χ4n) is 0.971. The Balaban J connectivity index is 3.52. The van der Waals surface area contributed by atoms with Gasteiger partial charge < -0.3 is 10.2 Å². The molecular formula is C8H9NO3. The van der Waals surface area contributed by atoms with Crippen molar-refractivity contribution in [1.82, 2.24) is 4.98 Å². The van der Waals surface area contributed by atoms with Gasteiger partial charge in [0.1, 0.15) is 5.56 Å². The first-order valence-electron chi connectivity index (χ1n) is 3.42. The van der Waals surface area contributed by atoms with Gasteiger partial charge in [0.15, 0.2) is 17.8 Å². The van der Waals surface area contributed by atoms with Crippen molar-refractivity contribution in [3.63, 3.8) is 0 Å². The Bertz CT molecular complexity index is 307. The van der Waals surface area contributed by atoms with Crippen LogP contribution in [-0.4, -0.2) is 21.5 Å². The number of hydrogen-bond acceptors (Lipinski definition) is 4. The van der Waals surface area contributed by atoms with Crippen LogP contribution in [0.5, 0.6) is 11.5 Å². The Morgan fingerprint density at radius 1 is 1.17 bits per heavy atom. The lowest BCUT2D eigenvalue weighted by molar-refractivity contribution is 0.111. The van der Waals surface area contributed by atoms with Crippen molar-refractivity contribution in [3.8, 4) is 11.5 Å². The van der Waals surface area contributed by atoms with Crippen molar-refractivity contribution in [2.45, 2.75) is 13.8 Å². The lowest BCUT2D eigenvalue weighted by Crippen LogP contribution is -1.93. The van der Waals surface area contributed by atoms with Gasteiger partial charge in [-0.2, -0.15) is 0 Å². The highest BCUT2D eigenvalue weighted by molar-refractivity contribution is 5.84. The van der Waals surface area contributed by atoms with Crippen LogP contribution in [0.1, 0.15) is 21.7 Å². The summed E-state index contributed by atoms with van der Waals surface area (Å²) in [4.78, 5) is 14.2. The molecule has 0 aliphatic carbocycles. The van der Waals surface area contributed by atoms with Crippen molar-refractivity contribution >= 4 is 6.29 Å². The average molecular weight is 167 g/mol. The highest BCUT2D eigenvalue weighted by atomic mass is 16.3. The molecule has 2 N–H and O–H groups in total. The van der Waals surface area contributed by atoms with Crippen molar-refractivity contribution in [2.24, 2.45) is 0 Å². The van der Waals surface area contributed by atoms with E-state index in [2.05, 4.69) is 4.98 Å². The minimum absolute atomic E-state index is 0.0972. The van der Waals surface area contributed by atoms with Crippen molar-refractivity contribution in [3.05, 3.63) is 17.0 Å². The van der Waals surface area contributed by atoms with Gasteiger partial charge in [-0.1, -0.05) is 0 Å². The van der Waals surface area contributed by atoms with E-state index in [1.54, 1.807) is 13.8 Å². The molecule has 1 aromatic rings. The van der Waals surface area contributed by atoms with Gasteiger partial charge in [-0.25, -0.2) is 0 Å². The second-order valence-corrected chi connectivity index (χ2v) is 2.51. The molecule has 4 nitrogen and oxygen atoms in total. The normalized spacial score (nSPS) is 9.83. The molecule has 0 amide bonds. The van der Waals surface area contributed by atoms with Crippen LogP contribution in [0, 0.1) is 13.8 Å². The zero-order valence-corrected chi connectivity index (χ0v) is 6.83. The summed E-state index contributed by atoms with van der Waals surface area (Å²) in [5, 5.41) is 18.5. The first-order valence-corrected chi connectivity index (χ1v) is 3.42. The van der Waals surface area contributed by atoms with Gasteiger partial charge in [0, 0.05) is 0 Å². The Hall–Kier alpha value is -1.58. The minimum Gasteiger partial charge on any atom is -0.505 e. The zero-order valence-electron chi connectivity index (χ0n) is 6.83. The van der Waals surface area contributed by atoms with Gasteiger partial charge in [0.05, 0.1) is 11.4 Å². The number of hydrogen-bond donors (Lipinski definition) is 2. The standard InChI is InChI=1S/C8H9NO3/c1-4-7(11)6(3-10)8(12)5(2)9-4/h3,11-12H,1-2H3. The van der Waals surface area contributed by atoms with E-state index in [9.17, 15) is 15.0 Å². The first kappa shape index (κ1) is 8.52. The number of rotatable bonds is 1. The number of carbonyl (C=O) groups excluding carboxylic acids is 1. The lowest BCUT2D eigenvalue weighted by atomic mass is 10.1. The molecule has 0 saturated heterocycles. The van der Waals surface area contributed by atoms with Gasteiger partial charge in [-0.15, -0.1) is 0 Å². The Morgan fingerprint density at radius 2 is 1.58 bits per heavy atom. The van der Waals surface area contributed by atoms with Crippen LogP contribution in [-0.2, 0) is 0 Å². The van der Waals surface area contributed by atoms with Crippen molar-refractivity contribution in [2.75, 3.05) is 0 Å². The summed E-state index contributed by atoms with van der Waals surface area (Å²) in [6, 6.07) is 0. The molecule has 0 bridgehead atoms. The maximum absolute atomic E-state index is 10.4. The van der Waals surface area contributed by atoms with Crippen LogP contribution in [0.15, 0.2) is 0 Å². The Kier molecular flexibility index (Phi) is 1.99. The molecule has 1 rings (SSSR count). The lowest BCUT2D eigenvalue weighted by Gasteiger charge is -2.05. The molecular weight excluding hydrogens is 158 g/mol. The Morgan fingerprint density at radius 3 is 1.92 bits per heavy atom. The number of aromatic nitrogens is 1. The fraction of sp³-hybridized carbons (Fsp3) is 0.250. The van der Waals surface area contributed by atoms with Crippen LogP contribution in [0.3, 0.4) is 0 Å². The molecule has 0 aromatic carbocycles. The summed E-state index contributed by atoms with van der Waals surface area (Å²) < 4.78 is 0. The average Bonchev–Trinajstić information content (AvgIpc) is 2.02. The van der Waals surface area contributed by atoms with E-state index in [1.807, 2.05) is 0 Å². The third kappa shape index (κ3) is 1.11.